The third-order valence-electron chi connectivity index (χ3n) is 1.59. The standard InChI is InChI=1S/C7H13O2/c1-6-3-7(8-2)5-9-4-6/h6-7H,1,3-5H2,2H3. The van der Waals surface area contributed by atoms with Crippen LogP contribution < -0.4 is 0 Å². The minimum Gasteiger partial charge on any atom is -0.379 e. The molecular weight excluding hydrogens is 116 g/mol. The first kappa shape index (κ1) is 7.03. The van der Waals surface area contributed by atoms with Crippen LogP contribution in [-0.2, 0) is 9.47 Å². The van der Waals surface area contributed by atoms with Crippen molar-refractivity contribution in [2.24, 2.45) is 5.92 Å². The molecule has 0 spiro atoms. The van der Waals surface area contributed by atoms with Crippen LogP contribution in [0.1, 0.15) is 6.42 Å². The van der Waals surface area contributed by atoms with Gasteiger partial charge in [-0.2, -0.15) is 0 Å². The predicted molar refractivity (Wildman–Crippen MR) is 35.1 cm³/mol. The molecule has 1 rings (SSSR count). The first-order valence-corrected chi connectivity index (χ1v) is 3.26. The van der Waals surface area contributed by atoms with Gasteiger partial charge in [-0.25, -0.2) is 0 Å². The number of methoxy groups -OCH3 is 1. The second-order valence-corrected chi connectivity index (χ2v) is 2.50. The van der Waals surface area contributed by atoms with Crippen LogP contribution in [0.25, 0.3) is 0 Å². The highest BCUT2D eigenvalue weighted by molar-refractivity contribution is 4.71. The molecule has 0 aromatic carbocycles. The monoisotopic (exact) mass is 129 g/mol. The molecule has 0 N–H and O–H groups in total. The molecule has 2 atom stereocenters. The Bertz CT molecular complexity index is 83.0. The van der Waals surface area contributed by atoms with Gasteiger partial charge in [0, 0.05) is 13.7 Å². The van der Waals surface area contributed by atoms with Gasteiger partial charge < -0.3 is 9.47 Å². The molecule has 1 fully saturated rings. The van der Waals surface area contributed by atoms with Crippen molar-refractivity contribution in [2.45, 2.75) is 12.5 Å². The van der Waals surface area contributed by atoms with Crippen molar-refractivity contribution in [3.05, 3.63) is 6.92 Å². The van der Waals surface area contributed by atoms with Crippen LogP contribution in [0.4, 0.5) is 0 Å². The molecule has 1 aliphatic heterocycles. The molecule has 53 valence electrons. The molecule has 1 saturated heterocycles. The fourth-order valence-electron chi connectivity index (χ4n) is 1.04. The quantitative estimate of drug-likeness (QED) is 0.523. The molecule has 0 aromatic heterocycles. The van der Waals surface area contributed by atoms with Gasteiger partial charge in [0.2, 0.25) is 0 Å². The van der Waals surface area contributed by atoms with Gasteiger partial charge in [0.15, 0.2) is 0 Å². The van der Waals surface area contributed by atoms with Gasteiger partial charge >= 0.3 is 0 Å². The lowest BCUT2D eigenvalue weighted by atomic mass is 10.0. The summed E-state index contributed by atoms with van der Waals surface area (Å²) in [6.07, 6.45) is 1.32. The third kappa shape index (κ3) is 1.95. The number of ether oxygens (including phenoxy) is 2. The highest BCUT2D eigenvalue weighted by atomic mass is 16.5. The molecule has 0 saturated carbocycles. The topological polar surface area (TPSA) is 18.5 Å². The van der Waals surface area contributed by atoms with E-state index in [0.717, 1.165) is 19.6 Å². The molecule has 1 heterocycles. The summed E-state index contributed by atoms with van der Waals surface area (Å²) in [5.74, 6) is 0.420. The van der Waals surface area contributed by atoms with Crippen molar-refractivity contribution in [1.82, 2.24) is 0 Å². The Morgan fingerprint density at radius 1 is 1.56 bits per heavy atom. The second kappa shape index (κ2) is 3.18. The number of hydrogen-bond donors (Lipinski definition) is 0. The Kier molecular flexibility index (Phi) is 2.49. The SMILES string of the molecule is [CH2]C1COCC(OC)C1. The van der Waals surface area contributed by atoms with Crippen LogP contribution in [0.3, 0.4) is 0 Å². The zero-order valence-electron chi connectivity index (χ0n) is 5.80. The molecule has 0 amide bonds. The van der Waals surface area contributed by atoms with Crippen LogP contribution in [-0.4, -0.2) is 26.4 Å². The van der Waals surface area contributed by atoms with Crippen molar-refractivity contribution in [1.29, 1.82) is 0 Å². The summed E-state index contributed by atoms with van der Waals surface area (Å²) in [7, 11) is 1.71. The lowest BCUT2D eigenvalue weighted by molar-refractivity contribution is -0.0463. The molecule has 0 aromatic rings. The minimum absolute atomic E-state index is 0.279. The van der Waals surface area contributed by atoms with E-state index in [1.54, 1.807) is 7.11 Å². The van der Waals surface area contributed by atoms with Gasteiger partial charge in [0.25, 0.3) is 0 Å². The highest BCUT2D eigenvalue weighted by Gasteiger charge is 2.18. The van der Waals surface area contributed by atoms with Crippen LogP contribution in [0, 0.1) is 12.8 Å². The summed E-state index contributed by atoms with van der Waals surface area (Å²) < 4.78 is 10.3. The predicted octanol–water partition coefficient (Wildman–Crippen LogP) is 0.872. The lowest BCUT2D eigenvalue weighted by Gasteiger charge is -2.25. The molecule has 2 nitrogen and oxygen atoms in total. The van der Waals surface area contributed by atoms with E-state index in [2.05, 4.69) is 6.92 Å². The van der Waals surface area contributed by atoms with Gasteiger partial charge in [-0.15, -0.1) is 0 Å². The molecule has 9 heavy (non-hydrogen) atoms. The maximum absolute atomic E-state index is 5.20. The Labute approximate surface area is 56.2 Å². The first-order valence-electron chi connectivity index (χ1n) is 3.26. The van der Waals surface area contributed by atoms with Crippen LogP contribution in [0.2, 0.25) is 0 Å². The second-order valence-electron chi connectivity index (χ2n) is 2.50. The third-order valence-corrected chi connectivity index (χ3v) is 1.59. The molecule has 2 unspecified atom stereocenters. The Hall–Kier alpha value is -0.0800. The summed E-state index contributed by atoms with van der Waals surface area (Å²) in [4.78, 5) is 0. The molecule has 0 aliphatic carbocycles. The van der Waals surface area contributed by atoms with E-state index in [0.29, 0.717) is 5.92 Å². The smallest absolute Gasteiger partial charge is 0.0808 e. The first-order chi connectivity index (χ1) is 4.33. The van der Waals surface area contributed by atoms with Gasteiger partial charge in [-0.05, 0) is 19.3 Å². The maximum atomic E-state index is 5.20. The summed E-state index contributed by atoms with van der Waals surface area (Å²) in [5, 5.41) is 0. The Morgan fingerprint density at radius 2 is 2.33 bits per heavy atom. The van der Waals surface area contributed by atoms with E-state index in [4.69, 9.17) is 9.47 Å². The van der Waals surface area contributed by atoms with E-state index < -0.39 is 0 Å². The lowest BCUT2D eigenvalue weighted by Crippen LogP contribution is -2.29. The van der Waals surface area contributed by atoms with Crippen molar-refractivity contribution in [3.8, 4) is 0 Å². The molecule has 0 bridgehead atoms. The van der Waals surface area contributed by atoms with Gasteiger partial charge in [0.05, 0.1) is 12.7 Å². The Balaban J connectivity index is 2.23. The minimum atomic E-state index is 0.279. The van der Waals surface area contributed by atoms with Gasteiger partial charge in [-0.1, -0.05) is 0 Å². The molecule has 2 heteroatoms. The maximum Gasteiger partial charge on any atom is 0.0808 e. The van der Waals surface area contributed by atoms with Crippen LogP contribution in [0.15, 0.2) is 0 Å². The molecule has 1 radical (unpaired) electrons. The molecule has 1 aliphatic rings. The number of hydrogen-bond acceptors (Lipinski definition) is 2. The highest BCUT2D eigenvalue weighted by Crippen LogP contribution is 2.14. The average Bonchev–Trinajstić information content (AvgIpc) is 1.88. The largest absolute Gasteiger partial charge is 0.379 e. The van der Waals surface area contributed by atoms with Crippen molar-refractivity contribution in [3.63, 3.8) is 0 Å². The van der Waals surface area contributed by atoms with E-state index in [1.807, 2.05) is 0 Å². The van der Waals surface area contributed by atoms with E-state index in [-0.39, 0.29) is 6.10 Å². The fraction of sp³-hybridized carbons (Fsp3) is 0.857. The normalized spacial score (nSPS) is 36.7. The van der Waals surface area contributed by atoms with E-state index in [9.17, 15) is 0 Å². The van der Waals surface area contributed by atoms with Gasteiger partial charge in [-0.3, -0.25) is 0 Å². The summed E-state index contributed by atoms with van der Waals surface area (Å²) in [5.41, 5.74) is 0. The van der Waals surface area contributed by atoms with Gasteiger partial charge in [0.1, 0.15) is 0 Å². The van der Waals surface area contributed by atoms with E-state index in [1.165, 1.54) is 0 Å². The Morgan fingerprint density at radius 3 is 2.78 bits per heavy atom. The summed E-state index contributed by atoms with van der Waals surface area (Å²) in [6, 6.07) is 0. The van der Waals surface area contributed by atoms with Crippen LogP contribution >= 0.6 is 0 Å². The molecular formula is C7H13O2. The van der Waals surface area contributed by atoms with E-state index >= 15 is 0 Å². The average molecular weight is 129 g/mol. The van der Waals surface area contributed by atoms with Crippen molar-refractivity contribution < 1.29 is 9.47 Å². The van der Waals surface area contributed by atoms with Crippen molar-refractivity contribution >= 4 is 0 Å². The zero-order valence-corrected chi connectivity index (χ0v) is 5.80. The summed E-state index contributed by atoms with van der Waals surface area (Å²) >= 11 is 0. The van der Waals surface area contributed by atoms with Crippen molar-refractivity contribution in [2.75, 3.05) is 20.3 Å². The number of rotatable bonds is 1. The summed E-state index contributed by atoms with van der Waals surface area (Å²) in [6.45, 7) is 5.42. The fourth-order valence-corrected chi connectivity index (χ4v) is 1.04. The zero-order chi connectivity index (χ0) is 6.69. The van der Waals surface area contributed by atoms with Crippen LogP contribution in [0.5, 0.6) is 0 Å².